The van der Waals surface area contributed by atoms with Crippen molar-refractivity contribution in [1.29, 1.82) is 0 Å². The molecule has 0 saturated heterocycles. The molecule has 0 unspecified atom stereocenters. The number of rotatable bonds is 5. The van der Waals surface area contributed by atoms with Gasteiger partial charge in [0.15, 0.2) is 0 Å². The van der Waals surface area contributed by atoms with Gasteiger partial charge in [0.1, 0.15) is 11.2 Å². The molecule has 0 atom stereocenters. The van der Waals surface area contributed by atoms with Gasteiger partial charge >= 0.3 is 11.9 Å². The van der Waals surface area contributed by atoms with E-state index in [0.29, 0.717) is 11.5 Å². The van der Waals surface area contributed by atoms with Gasteiger partial charge in [0.05, 0.1) is 11.5 Å². The van der Waals surface area contributed by atoms with E-state index in [4.69, 9.17) is 9.47 Å². The van der Waals surface area contributed by atoms with E-state index in [2.05, 4.69) is 20.8 Å². The molecule has 0 aliphatic heterocycles. The monoisotopic (exact) mass is 404 g/mol. The molecule has 2 rings (SSSR count). The van der Waals surface area contributed by atoms with Crippen LogP contribution in [0.3, 0.4) is 0 Å². The molecular formula is C25H40O4. The van der Waals surface area contributed by atoms with Gasteiger partial charge in [0.2, 0.25) is 0 Å². The second-order valence-electron chi connectivity index (χ2n) is 9.55. The molecule has 1 fully saturated rings. The van der Waals surface area contributed by atoms with Gasteiger partial charge in [-0.05, 0) is 76.5 Å². The number of hydrogen-bond donors (Lipinski definition) is 0. The quantitative estimate of drug-likeness (QED) is 0.536. The van der Waals surface area contributed by atoms with Crippen molar-refractivity contribution in [2.24, 2.45) is 11.8 Å². The summed E-state index contributed by atoms with van der Waals surface area (Å²) in [5.41, 5.74) is 1.26. The van der Waals surface area contributed by atoms with E-state index in [0.717, 1.165) is 19.3 Å². The van der Waals surface area contributed by atoms with Crippen LogP contribution in [0.5, 0.6) is 0 Å². The molecule has 0 heterocycles. The highest BCUT2D eigenvalue weighted by atomic mass is 16.6. The van der Waals surface area contributed by atoms with Gasteiger partial charge in [-0.25, -0.2) is 4.79 Å². The smallest absolute Gasteiger partial charge is 0.338 e. The van der Waals surface area contributed by atoms with Gasteiger partial charge in [-0.2, -0.15) is 0 Å². The van der Waals surface area contributed by atoms with E-state index >= 15 is 0 Å². The predicted octanol–water partition coefficient (Wildman–Crippen LogP) is 6.36. The Morgan fingerprint density at radius 2 is 1.52 bits per heavy atom. The maximum absolute atomic E-state index is 11.6. The van der Waals surface area contributed by atoms with Crippen molar-refractivity contribution in [1.82, 2.24) is 0 Å². The van der Waals surface area contributed by atoms with Crippen LogP contribution in [-0.4, -0.2) is 23.1 Å². The minimum Gasteiger partial charge on any atom is -0.459 e. The summed E-state index contributed by atoms with van der Waals surface area (Å²) < 4.78 is 10.9. The van der Waals surface area contributed by atoms with E-state index in [1.807, 2.05) is 58.9 Å². The fraction of sp³-hybridized carbons (Fsp3) is 0.680. The second-order valence-corrected chi connectivity index (χ2v) is 9.55. The van der Waals surface area contributed by atoms with Crippen LogP contribution in [0.15, 0.2) is 24.3 Å². The third kappa shape index (κ3) is 8.20. The van der Waals surface area contributed by atoms with Crippen LogP contribution in [0.4, 0.5) is 0 Å². The Morgan fingerprint density at radius 1 is 1.00 bits per heavy atom. The van der Waals surface area contributed by atoms with Crippen LogP contribution < -0.4 is 0 Å². The summed E-state index contributed by atoms with van der Waals surface area (Å²) in [7, 11) is 0. The van der Waals surface area contributed by atoms with Crippen LogP contribution >= 0.6 is 0 Å². The summed E-state index contributed by atoms with van der Waals surface area (Å²) in [6, 6.07) is 7.54. The van der Waals surface area contributed by atoms with Crippen LogP contribution in [0.2, 0.25) is 0 Å². The summed E-state index contributed by atoms with van der Waals surface area (Å²) >= 11 is 0. The van der Waals surface area contributed by atoms with Crippen LogP contribution in [0.1, 0.15) is 97.0 Å². The number of carbonyl (C=O) groups is 2. The number of benzene rings is 1. The molecule has 1 aromatic carbocycles. The molecule has 29 heavy (non-hydrogen) atoms. The van der Waals surface area contributed by atoms with Crippen molar-refractivity contribution in [3.05, 3.63) is 35.4 Å². The summed E-state index contributed by atoms with van der Waals surface area (Å²) in [4.78, 5) is 23.2. The van der Waals surface area contributed by atoms with Crippen molar-refractivity contribution in [3.63, 3.8) is 0 Å². The van der Waals surface area contributed by atoms with Gasteiger partial charge in [-0.15, -0.1) is 0 Å². The van der Waals surface area contributed by atoms with Crippen molar-refractivity contribution in [2.45, 2.75) is 98.7 Å². The third-order valence-corrected chi connectivity index (χ3v) is 5.27. The number of aryl methyl sites for hydroxylation is 1. The van der Waals surface area contributed by atoms with Gasteiger partial charge < -0.3 is 9.47 Å². The zero-order valence-corrected chi connectivity index (χ0v) is 19.6. The highest BCUT2D eigenvalue weighted by Gasteiger charge is 2.40. The summed E-state index contributed by atoms with van der Waals surface area (Å²) in [5, 5.41) is 0. The minimum absolute atomic E-state index is 0.00812. The highest BCUT2D eigenvalue weighted by Crippen LogP contribution is 2.39. The second kappa shape index (κ2) is 10.8. The van der Waals surface area contributed by atoms with E-state index in [1.54, 1.807) is 0 Å². The Balaban J connectivity index is 0.000000291. The molecule has 1 aliphatic rings. The first-order valence-corrected chi connectivity index (χ1v) is 11.0. The lowest BCUT2D eigenvalue weighted by Crippen LogP contribution is -2.38. The van der Waals surface area contributed by atoms with Gasteiger partial charge in [0.25, 0.3) is 0 Å². The first kappa shape index (κ1) is 25.2. The molecule has 0 N–H and O–H groups in total. The maximum Gasteiger partial charge on any atom is 0.338 e. The van der Waals surface area contributed by atoms with Crippen molar-refractivity contribution >= 4 is 11.9 Å². The Labute approximate surface area is 177 Å². The highest BCUT2D eigenvalue weighted by molar-refractivity contribution is 5.89. The van der Waals surface area contributed by atoms with E-state index in [1.165, 1.54) is 18.4 Å². The lowest BCUT2D eigenvalue weighted by Gasteiger charge is -2.33. The lowest BCUT2D eigenvalue weighted by atomic mass is 9.88. The molecule has 4 heteroatoms. The zero-order chi connectivity index (χ0) is 22.2. The molecular weight excluding hydrogens is 364 g/mol. The Kier molecular flexibility index (Phi) is 9.38. The van der Waals surface area contributed by atoms with Crippen molar-refractivity contribution in [2.75, 3.05) is 0 Å². The molecule has 164 valence electrons. The SMILES string of the molecule is CC(C)C(=O)OC1(C(C)C)CCCC1.CCc1ccc(C(=O)OC(C)(C)C)cc1. The lowest BCUT2D eigenvalue weighted by molar-refractivity contribution is -0.168. The average Bonchev–Trinajstić information content (AvgIpc) is 3.10. The zero-order valence-electron chi connectivity index (χ0n) is 19.6. The van der Waals surface area contributed by atoms with E-state index < -0.39 is 5.60 Å². The molecule has 1 aliphatic carbocycles. The van der Waals surface area contributed by atoms with Crippen LogP contribution in [0, 0.1) is 11.8 Å². The molecule has 4 nitrogen and oxygen atoms in total. The first-order valence-electron chi connectivity index (χ1n) is 11.0. The third-order valence-electron chi connectivity index (χ3n) is 5.27. The normalized spacial score (nSPS) is 15.7. The number of carbonyl (C=O) groups excluding carboxylic acids is 2. The van der Waals surface area contributed by atoms with Gasteiger partial charge in [0, 0.05) is 0 Å². The fourth-order valence-electron chi connectivity index (χ4n) is 3.30. The number of hydrogen-bond acceptors (Lipinski definition) is 4. The van der Waals surface area contributed by atoms with E-state index in [-0.39, 0.29) is 23.5 Å². The molecule has 0 bridgehead atoms. The van der Waals surface area contributed by atoms with Gasteiger partial charge in [-0.3, -0.25) is 4.79 Å². The Bertz CT molecular complexity index is 644. The molecule has 1 saturated carbocycles. The Hall–Kier alpha value is -1.84. The summed E-state index contributed by atoms with van der Waals surface area (Å²) in [5.74, 6) is 0.129. The van der Waals surface area contributed by atoms with Gasteiger partial charge in [-0.1, -0.05) is 46.8 Å². The summed E-state index contributed by atoms with van der Waals surface area (Å²) in [6.07, 6.45) is 5.47. The standard InChI is InChI=1S/C13H18O2.C12H22O2/c1-5-10-6-8-11(9-7-10)12(14)15-13(2,3)4;1-9(2)11(13)14-12(10(3)4)7-5-6-8-12/h6-9H,5H2,1-4H3;9-10H,5-8H2,1-4H3. The number of esters is 2. The molecule has 0 amide bonds. The van der Waals surface area contributed by atoms with Crippen LogP contribution in [0.25, 0.3) is 0 Å². The number of ether oxygens (including phenoxy) is 2. The van der Waals surface area contributed by atoms with Crippen LogP contribution in [-0.2, 0) is 20.7 Å². The predicted molar refractivity (Wildman–Crippen MR) is 118 cm³/mol. The largest absolute Gasteiger partial charge is 0.459 e. The van der Waals surface area contributed by atoms with Crippen molar-refractivity contribution < 1.29 is 19.1 Å². The van der Waals surface area contributed by atoms with E-state index in [9.17, 15) is 9.59 Å². The molecule has 0 spiro atoms. The molecule has 1 aromatic rings. The average molecular weight is 405 g/mol. The summed E-state index contributed by atoms with van der Waals surface area (Å²) in [6.45, 7) is 15.8. The molecule has 0 aromatic heterocycles. The molecule has 0 radical (unpaired) electrons. The fourth-order valence-corrected chi connectivity index (χ4v) is 3.30. The van der Waals surface area contributed by atoms with Crippen molar-refractivity contribution in [3.8, 4) is 0 Å². The topological polar surface area (TPSA) is 52.6 Å². The Morgan fingerprint density at radius 3 is 1.90 bits per heavy atom. The minimum atomic E-state index is -0.430. The maximum atomic E-state index is 11.6. The first-order chi connectivity index (χ1) is 13.4.